The van der Waals surface area contributed by atoms with E-state index >= 15 is 0 Å². The largest absolute Gasteiger partial charge is 0.479 e. The highest BCUT2D eigenvalue weighted by Gasteiger charge is 2.34. The molecule has 0 aliphatic carbocycles. The van der Waals surface area contributed by atoms with Gasteiger partial charge >= 0.3 is 5.97 Å². The molecule has 2 atom stereocenters. The van der Waals surface area contributed by atoms with Gasteiger partial charge in [0.2, 0.25) is 0 Å². The van der Waals surface area contributed by atoms with Crippen LogP contribution in [-0.4, -0.2) is 41.2 Å². The molecule has 1 aromatic rings. The molecule has 6 nitrogen and oxygen atoms in total. The van der Waals surface area contributed by atoms with Gasteiger partial charge in [0.05, 0.1) is 10.6 Å². The molecule has 0 unspecified atom stereocenters. The number of carbonyl (C=O) groups is 2. The van der Waals surface area contributed by atoms with Crippen LogP contribution in [0.25, 0.3) is 0 Å². The summed E-state index contributed by atoms with van der Waals surface area (Å²) in [5, 5.41) is 11.9. The van der Waals surface area contributed by atoms with Crippen molar-refractivity contribution in [2.45, 2.75) is 12.5 Å². The molecular weight excluding hydrogens is 272 g/mol. The van der Waals surface area contributed by atoms with E-state index in [4.69, 9.17) is 21.4 Å². The predicted molar refractivity (Wildman–Crippen MR) is 67.1 cm³/mol. The average molecular weight is 285 g/mol. The molecule has 2 rings (SSSR count). The fraction of sp³-hybridized carbons (Fsp3) is 0.417. The Morgan fingerprint density at radius 1 is 1.58 bits per heavy atom. The van der Waals surface area contributed by atoms with E-state index in [1.54, 1.807) is 0 Å². The van der Waals surface area contributed by atoms with E-state index in [-0.39, 0.29) is 23.4 Å². The number of nitrogens with one attached hydrogen (secondary N) is 1. The van der Waals surface area contributed by atoms with Crippen LogP contribution in [0.2, 0.25) is 5.02 Å². The molecule has 102 valence electrons. The van der Waals surface area contributed by atoms with Gasteiger partial charge in [-0.2, -0.15) is 0 Å². The molecule has 0 aromatic carbocycles. The van der Waals surface area contributed by atoms with Gasteiger partial charge in [-0.05, 0) is 12.5 Å². The number of hydrogen-bond donors (Lipinski definition) is 2. The van der Waals surface area contributed by atoms with Crippen molar-refractivity contribution >= 4 is 23.5 Å². The van der Waals surface area contributed by atoms with Crippen LogP contribution in [0.1, 0.15) is 16.8 Å². The molecule has 0 radical (unpaired) electrons. The first-order chi connectivity index (χ1) is 9.09. The molecule has 1 saturated heterocycles. The zero-order chi connectivity index (χ0) is 13.8. The van der Waals surface area contributed by atoms with Gasteiger partial charge in [0.25, 0.3) is 5.91 Å². The quantitative estimate of drug-likeness (QED) is 0.859. The van der Waals surface area contributed by atoms with E-state index in [0.717, 1.165) is 0 Å². The second-order valence-corrected chi connectivity index (χ2v) is 4.65. The van der Waals surface area contributed by atoms with Crippen molar-refractivity contribution in [3.05, 3.63) is 29.0 Å². The first kappa shape index (κ1) is 13.8. The van der Waals surface area contributed by atoms with Crippen LogP contribution in [0.5, 0.6) is 0 Å². The molecule has 1 aliphatic rings. The molecule has 19 heavy (non-hydrogen) atoms. The summed E-state index contributed by atoms with van der Waals surface area (Å²) in [4.78, 5) is 26.6. The number of halogens is 1. The van der Waals surface area contributed by atoms with E-state index in [2.05, 4.69) is 10.3 Å². The minimum atomic E-state index is -1.00. The van der Waals surface area contributed by atoms with E-state index in [0.29, 0.717) is 18.6 Å². The van der Waals surface area contributed by atoms with Crippen molar-refractivity contribution in [2.24, 2.45) is 5.92 Å². The lowest BCUT2D eigenvalue weighted by Gasteiger charge is -2.15. The number of rotatable bonds is 4. The molecule has 0 spiro atoms. The van der Waals surface area contributed by atoms with Crippen molar-refractivity contribution in [3.63, 3.8) is 0 Å². The minimum Gasteiger partial charge on any atom is -0.479 e. The number of aromatic nitrogens is 1. The Balaban J connectivity index is 1.94. The molecule has 2 N–H and O–H groups in total. The Morgan fingerprint density at radius 2 is 2.37 bits per heavy atom. The van der Waals surface area contributed by atoms with Gasteiger partial charge in [0, 0.05) is 31.5 Å². The second kappa shape index (κ2) is 5.99. The maximum atomic E-state index is 11.9. The van der Waals surface area contributed by atoms with Gasteiger partial charge in [-0.3, -0.25) is 9.78 Å². The standard InChI is InChI=1S/C12H13ClN2O4/c13-9-6-14-3-1-8(9)11(16)15-5-7-2-4-19-10(7)12(17)18/h1,3,6-7,10H,2,4-5H2,(H,15,16)(H,17,18)/t7-,10-/m1/s1. The minimum absolute atomic E-state index is 0.220. The molecule has 1 amide bonds. The molecule has 0 bridgehead atoms. The molecule has 2 heterocycles. The number of hydrogen-bond acceptors (Lipinski definition) is 4. The summed E-state index contributed by atoms with van der Waals surface area (Å²) in [6.45, 7) is 0.641. The maximum Gasteiger partial charge on any atom is 0.333 e. The smallest absolute Gasteiger partial charge is 0.333 e. The van der Waals surface area contributed by atoms with Crippen molar-refractivity contribution in [1.29, 1.82) is 0 Å². The number of aliphatic carboxylic acids is 1. The fourth-order valence-electron chi connectivity index (χ4n) is 1.99. The summed E-state index contributed by atoms with van der Waals surface area (Å²) in [6, 6.07) is 1.51. The fourth-order valence-corrected chi connectivity index (χ4v) is 2.20. The SMILES string of the molecule is O=C(NC[C@H]1CCO[C@H]1C(=O)O)c1ccncc1Cl. The summed E-state index contributed by atoms with van der Waals surface area (Å²) in [5.41, 5.74) is 0.322. The predicted octanol–water partition coefficient (Wildman–Crippen LogP) is 0.954. The Labute approximate surface area is 114 Å². The van der Waals surface area contributed by atoms with Gasteiger partial charge < -0.3 is 15.2 Å². The van der Waals surface area contributed by atoms with Crippen LogP contribution < -0.4 is 5.32 Å². The molecule has 1 fully saturated rings. The Kier molecular flexibility index (Phi) is 4.34. The molecule has 1 aromatic heterocycles. The topological polar surface area (TPSA) is 88.5 Å². The maximum absolute atomic E-state index is 11.9. The monoisotopic (exact) mass is 284 g/mol. The van der Waals surface area contributed by atoms with Crippen molar-refractivity contribution in [1.82, 2.24) is 10.3 Å². The van der Waals surface area contributed by atoms with Crippen molar-refractivity contribution in [2.75, 3.05) is 13.2 Å². The van der Waals surface area contributed by atoms with Gasteiger partial charge in [-0.1, -0.05) is 11.6 Å². The molecule has 7 heteroatoms. The number of amides is 1. The molecule has 1 aliphatic heterocycles. The third-order valence-electron chi connectivity index (χ3n) is 3.00. The van der Waals surface area contributed by atoms with Gasteiger partial charge in [-0.25, -0.2) is 4.79 Å². The third-order valence-corrected chi connectivity index (χ3v) is 3.30. The summed E-state index contributed by atoms with van der Waals surface area (Å²) in [5.74, 6) is -1.57. The average Bonchev–Trinajstić information content (AvgIpc) is 2.85. The summed E-state index contributed by atoms with van der Waals surface area (Å²) in [7, 11) is 0. The van der Waals surface area contributed by atoms with Gasteiger partial charge in [0.1, 0.15) is 0 Å². The highest BCUT2D eigenvalue weighted by Crippen LogP contribution is 2.21. The van der Waals surface area contributed by atoms with E-state index in [1.807, 2.05) is 0 Å². The normalized spacial score (nSPS) is 22.2. The van der Waals surface area contributed by atoms with Crippen LogP contribution in [0, 0.1) is 5.92 Å². The third kappa shape index (κ3) is 3.21. The zero-order valence-electron chi connectivity index (χ0n) is 10.0. The van der Waals surface area contributed by atoms with Gasteiger partial charge in [0.15, 0.2) is 6.10 Å². The van der Waals surface area contributed by atoms with Gasteiger partial charge in [-0.15, -0.1) is 0 Å². The summed E-state index contributed by atoms with van der Waals surface area (Å²) >= 11 is 5.85. The summed E-state index contributed by atoms with van der Waals surface area (Å²) in [6.07, 6.45) is 2.61. The number of carboxylic acid groups (broad SMARTS) is 1. The summed E-state index contributed by atoms with van der Waals surface area (Å²) < 4.78 is 5.10. The highest BCUT2D eigenvalue weighted by molar-refractivity contribution is 6.33. The van der Waals surface area contributed by atoms with E-state index < -0.39 is 12.1 Å². The Morgan fingerprint density at radius 3 is 3.05 bits per heavy atom. The first-order valence-corrected chi connectivity index (χ1v) is 6.19. The zero-order valence-corrected chi connectivity index (χ0v) is 10.8. The van der Waals surface area contributed by atoms with E-state index in [1.165, 1.54) is 18.5 Å². The second-order valence-electron chi connectivity index (χ2n) is 4.24. The first-order valence-electron chi connectivity index (χ1n) is 5.81. The highest BCUT2D eigenvalue weighted by atomic mass is 35.5. The number of pyridine rings is 1. The van der Waals surface area contributed by atoms with Crippen LogP contribution in [0.15, 0.2) is 18.5 Å². The van der Waals surface area contributed by atoms with Crippen LogP contribution in [0.3, 0.4) is 0 Å². The number of carboxylic acids is 1. The molecular formula is C12H13ClN2O4. The van der Waals surface area contributed by atoms with Crippen molar-refractivity contribution < 1.29 is 19.4 Å². The van der Waals surface area contributed by atoms with Crippen LogP contribution in [-0.2, 0) is 9.53 Å². The molecule has 0 saturated carbocycles. The lowest BCUT2D eigenvalue weighted by atomic mass is 10.0. The van der Waals surface area contributed by atoms with Crippen molar-refractivity contribution in [3.8, 4) is 0 Å². The Hall–Kier alpha value is -1.66. The number of nitrogens with zero attached hydrogens (tertiary/aromatic N) is 1. The number of ether oxygens (including phenoxy) is 1. The van der Waals surface area contributed by atoms with E-state index in [9.17, 15) is 9.59 Å². The lowest BCUT2D eigenvalue weighted by Crippen LogP contribution is -2.36. The lowest BCUT2D eigenvalue weighted by molar-refractivity contribution is -0.149. The Bertz CT molecular complexity index is 494. The number of carbonyl (C=O) groups excluding carboxylic acids is 1. The van der Waals surface area contributed by atoms with Crippen LogP contribution >= 0.6 is 11.6 Å². The van der Waals surface area contributed by atoms with Crippen LogP contribution in [0.4, 0.5) is 0 Å².